The van der Waals surface area contributed by atoms with Crippen molar-refractivity contribution in [3.8, 4) is 6.07 Å². The number of carbonyl (C=O) groups excluding carboxylic acids is 1. The third-order valence-electron chi connectivity index (χ3n) is 3.83. The summed E-state index contributed by atoms with van der Waals surface area (Å²) in [6.45, 7) is 4.19. The van der Waals surface area contributed by atoms with Gasteiger partial charge in [0, 0.05) is 5.69 Å². The SMILES string of the molecule is CCCc1ccccc1NC(=O)C1(C#N)CC(C)C1. The zero-order valence-corrected chi connectivity index (χ0v) is 11.6. The number of hydrogen-bond donors (Lipinski definition) is 1. The molecule has 0 aliphatic heterocycles. The van der Waals surface area contributed by atoms with Crippen LogP contribution >= 0.6 is 0 Å². The number of para-hydroxylation sites is 1. The van der Waals surface area contributed by atoms with Crippen LogP contribution in [-0.2, 0) is 11.2 Å². The lowest BCUT2D eigenvalue weighted by Crippen LogP contribution is -2.45. The fraction of sp³-hybridized carbons (Fsp3) is 0.500. The summed E-state index contributed by atoms with van der Waals surface area (Å²) in [5.41, 5.74) is 1.18. The van der Waals surface area contributed by atoms with Crippen LogP contribution in [0, 0.1) is 22.7 Å². The van der Waals surface area contributed by atoms with Gasteiger partial charge < -0.3 is 5.32 Å². The van der Waals surface area contributed by atoms with Gasteiger partial charge in [-0.1, -0.05) is 38.5 Å². The van der Waals surface area contributed by atoms with E-state index in [1.54, 1.807) is 0 Å². The number of rotatable bonds is 4. The molecule has 1 aliphatic rings. The maximum atomic E-state index is 12.3. The molecule has 3 nitrogen and oxygen atoms in total. The molecule has 1 amide bonds. The molecule has 0 bridgehead atoms. The van der Waals surface area contributed by atoms with Gasteiger partial charge in [0.1, 0.15) is 5.41 Å². The lowest BCUT2D eigenvalue weighted by molar-refractivity contribution is -0.128. The Labute approximate surface area is 114 Å². The standard InChI is InChI=1S/C16H20N2O/c1-3-6-13-7-4-5-8-14(13)18-15(19)16(11-17)9-12(2)10-16/h4-5,7-8,12H,3,6,9-10H2,1-2H3,(H,18,19). The van der Waals surface area contributed by atoms with E-state index in [0.29, 0.717) is 18.8 Å². The number of hydrogen-bond acceptors (Lipinski definition) is 2. The average Bonchev–Trinajstić information content (AvgIpc) is 2.37. The molecule has 0 spiro atoms. The zero-order valence-electron chi connectivity index (χ0n) is 11.6. The normalized spacial score (nSPS) is 25.2. The summed E-state index contributed by atoms with van der Waals surface area (Å²) in [5.74, 6) is 0.327. The van der Waals surface area contributed by atoms with Crippen molar-refractivity contribution in [3.05, 3.63) is 29.8 Å². The predicted molar refractivity (Wildman–Crippen MR) is 75.5 cm³/mol. The van der Waals surface area contributed by atoms with Crippen LogP contribution in [0.2, 0.25) is 0 Å². The number of nitrogens with one attached hydrogen (secondary N) is 1. The van der Waals surface area contributed by atoms with Crippen molar-refractivity contribution < 1.29 is 4.79 Å². The maximum Gasteiger partial charge on any atom is 0.244 e. The van der Waals surface area contributed by atoms with Gasteiger partial charge in [0.15, 0.2) is 0 Å². The second kappa shape index (κ2) is 5.44. The Morgan fingerprint density at radius 3 is 2.74 bits per heavy atom. The van der Waals surface area contributed by atoms with Crippen LogP contribution in [0.15, 0.2) is 24.3 Å². The van der Waals surface area contributed by atoms with E-state index in [1.807, 2.05) is 24.3 Å². The van der Waals surface area contributed by atoms with Gasteiger partial charge in [0.05, 0.1) is 6.07 Å². The second-order valence-corrected chi connectivity index (χ2v) is 5.57. The first kappa shape index (κ1) is 13.6. The van der Waals surface area contributed by atoms with Gasteiger partial charge in [0.25, 0.3) is 0 Å². The summed E-state index contributed by atoms with van der Waals surface area (Å²) in [6, 6.07) is 10.0. The minimum Gasteiger partial charge on any atom is -0.324 e. The summed E-state index contributed by atoms with van der Waals surface area (Å²) in [6.07, 6.45) is 3.32. The van der Waals surface area contributed by atoms with Crippen LogP contribution in [0.3, 0.4) is 0 Å². The van der Waals surface area contributed by atoms with Gasteiger partial charge in [-0.2, -0.15) is 5.26 Å². The van der Waals surface area contributed by atoms with Crippen molar-refractivity contribution in [2.45, 2.75) is 39.5 Å². The molecule has 19 heavy (non-hydrogen) atoms. The lowest BCUT2D eigenvalue weighted by atomic mass is 9.63. The number of nitrogens with zero attached hydrogens (tertiary/aromatic N) is 1. The molecule has 0 aromatic heterocycles. The highest BCUT2D eigenvalue weighted by atomic mass is 16.2. The molecular formula is C16H20N2O. The highest BCUT2D eigenvalue weighted by molar-refractivity contribution is 5.98. The van der Waals surface area contributed by atoms with Crippen LogP contribution in [0.4, 0.5) is 5.69 Å². The third kappa shape index (κ3) is 2.63. The first-order valence-electron chi connectivity index (χ1n) is 6.92. The molecule has 0 radical (unpaired) electrons. The first-order valence-corrected chi connectivity index (χ1v) is 6.92. The Kier molecular flexibility index (Phi) is 3.90. The van der Waals surface area contributed by atoms with Crippen molar-refractivity contribution in [1.29, 1.82) is 5.26 Å². The largest absolute Gasteiger partial charge is 0.324 e. The van der Waals surface area contributed by atoms with Gasteiger partial charge in [0.2, 0.25) is 5.91 Å². The summed E-state index contributed by atoms with van der Waals surface area (Å²) in [4.78, 5) is 12.3. The number of aryl methyl sites for hydroxylation is 1. The van der Waals surface area contributed by atoms with Gasteiger partial charge in [-0.15, -0.1) is 0 Å². The number of anilines is 1. The van der Waals surface area contributed by atoms with E-state index in [4.69, 9.17) is 0 Å². The van der Waals surface area contributed by atoms with Crippen LogP contribution in [0.1, 0.15) is 38.7 Å². The molecule has 1 fully saturated rings. The quantitative estimate of drug-likeness (QED) is 0.896. The number of benzene rings is 1. The molecule has 1 N–H and O–H groups in total. The van der Waals surface area contributed by atoms with E-state index in [9.17, 15) is 10.1 Å². The van der Waals surface area contributed by atoms with Gasteiger partial charge in [-0.3, -0.25) is 4.79 Å². The molecule has 0 unspecified atom stereocenters. The smallest absolute Gasteiger partial charge is 0.244 e. The number of amides is 1. The summed E-state index contributed by atoms with van der Waals surface area (Å²) in [5, 5.41) is 12.2. The summed E-state index contributed by atoms with van der Waals surface area (Å²) < 4.78 is 0. The summed E-state index contributed by atoms with van der Waals surface area (Å²) >= 11 is 0. The first-order chi connectivity index (χ1) is 9.11. The van der Waals surface area contributed by atoms with Crippen molar-refractivity contribution in [1.82, 2.24) is 0 Å². The fourth-order valence-corrected chi connectivity index (χ4v) is 2.83. The van der Waals surface area contributed by atoms with Crippen molar-refractivity contribution in [2.24, 2.45) is 11.3 Å². The highest BCUT2D eigenvalue weighted by Gasteiger charge is 2.49. The molecule has 1 aromatic carbocycles. The van der Waals surface area contributed by atoms with Crippen molar-refractivity contribution >= 4 is 11.6 Å². The Bertz CT molecular complexity index is 510. The summed E-state index contributed by atoms with van der Waals surface area (Å²) in [7, 11) is 0. The van der Waals surface area contributed by atoms with Crippen LogP contribution in [0.5, 0.6) is 0 Å². The van der Waals surface area contributed by atoms with E-state index in [0.717, 1.165) is 24.1 Å². The van der Waals surface area contributed by atoms with Gasteiger partial charge >= 0.3 is 0 Å². The monoisotopic (exact) mass is 256 g/mol. The highest BCUT2D eigenvalue weighted by Crippen LogP contribution is 2.45. The third-order valence-corrected chi connectivity index (χ3v) is 3.83. The molecule has 2 rings (SSSR count). The number of nitriles is 1. The Morgan fingerprint density at radius 2 is 2.16 bits per heavy atom. The van der Waals surface area contributed by atoms with E-state index in [-0.39, 0.29) is 5.91 Å². The van der Waals surface area contributed by atoms with Crippen LogP contribution in [-0.4, -0.2) is 5.91 Å². The van der Waals surface area contributed by atoms with E-state index >= 15 is 0 Å². The molecule has 1 saturated carbocycles. The molecular weight excluding hydrogens is 236 g/mol. The molecule has 3 heteroatoms. The average molecular weight is 256 g/mol. The maximum absolute atomic E-state index is 12.3. The van der Waals surface area contributed by atoms with Gasteiger partial charge in [-0.05, 0) is 36.8 Å². The molecule has 0 heterocycles. The Morgan fingerprint density at radius 1 is 1.47 bits per heavy atom. The molecule has 1 aromatic rings. The lowest BCUT2D eigenvalue weighted by Gasteiger charge is -2.39. The Hall–Kier alpha value is -1.82. The molecule has 0 atom stereocenters. The molecule has 0 saturated heterocycles. The molecule has 1 aliphatic carbocycles. The topological polar surface area (TPSA) is 52.9 Å². The van der Waals surface area contributed by atoms with Gasteiger partial charge in [-0.25, -0.2) is 0 Å². The predicted octanol–water partition coefficient (Wildman–Crippen LogP) is 3.52. The van der Waals surface area contributed by atoms with E-state index in [2.05, 4.69) is 25.2 Å². The minimum absolute atomic E-state index is 0.142. The van der Waals surface area contributed by atoms with Crippen molar-refractivity contribution in [2.75, 3.05) is 5.32 Å². The van der Waals surface area contributed by atoms with E-state index < -0.39 is 5.41 Å². The second-order valence-electron chi connectivity index (χ2n) is 5.57. The van der Waals surface area contributed by atoms with E-state index in [1.165, 1.54) is 0 Å². The molecule has 100 valence electrons. The van der Waals surface area contributed by atoms with Crippen LogP contribution in [0.25, 0.3) is 0 Å². The van der Waals surface area contributed by atoms with Crippen molar-refractivity contribution in [3.63, 3.8) is 0 Å². The zero-order chi connectivity index (χ0) is 13.9. The number of carbonyl (C=O) groups is 1. The fourth-order valence-electron chi connectivity index (χ4n) is 2.83. The van der Waals surface area contributed by atoms with Crippen LogP contribution < -0.4 is 5.32 Å². The Balaban J connectivity index is 2.13. The minimum atomic E-state index is -0.807.